The van der Waals surface area contributed by atoms with Crippen molar-refractivity contribution in [3.63, 3.8) is 0 Å². The molecular formula is C21H13ClN4O2S. The molecule has 29 heavy (non-hydrogen) atoms. The summed E-state index contributed by atoms with van der Waals surface area (Å²) in [5.41, 5.74) is 14.1. The first-order valence-corrected chi connectivity index (χ1v) is 9.61. The molecular weight excluding hydrogens is 408 g/mol. The predicted molar refractivity (Wildman–Crippen MR) is 115 cm³/mol. The lowest BCUT2D eigenvalue weighted by molar-refractivity contribution is 0.104. The first-order valence-electron chi connectivity index (χ1n) is 8.42. The molecule has 0 fully saturated rings. The molecule has 0 aliphatic rings. The molecule has 0 bridgehead atoms. The minimum atomic E-state index is -0.277. The zero-order valence-corrected chi connectivity index (χ0v) is 16.4. The Hall–Kier alpha value is -3.60. The summed E-state index contributed by atoms with van der Waals surface area (Å²) in [4.78, 5) is 18.0. The van der Waals surface area contributed by atoms with E-state index in [1.165, 1.54) is 12.1 Å². The Balaban J connectivity index is 2.01. The molecule has 2 aromatic carbocycles. The summed E-state index contributed by atoms with van der Waals surface area (Å²) < 4.78 is 0. The number of anilines is 2. The number of aromatic hydroxyl groups is 1. The molecule has 0 amide bonds. The van der Waals surface area contributed by atoms with E-state index in [1.54, 1.807) is 36.4 Å². The van der Waals surface area contributed by atoms with Crippen LogP contribution in [0.4, 0.5) is 11.5 Å². The number of nitriles is 1. The fourth-order valence-corrected chi connectivity index (χ4v) is 4.33. The van der Waals surface area contributed by atoms with Crippen molar-refractivity contribution in [3.8, 4) is 22.9 Å². The number of pyridine rings is 1. The smallest absolute Gasteiger partial charge is 0.205 e. The van der Waals surface area contributed by atoms with Crippen molar-refractivity contribution in [2.45, 2.75) is 0 Å². The van der Waals surface area contributed by atoms with E-state index in [0.29, 0.717) is 36.8 Å². The van der Waals surface area contributed by atoms with Crippen molar-refractivity contribution >= 4 is 50.4 Å². The maximum absolute atomic E-state index is 13.0. The van der Waals surface area contributed by atoms with E-state index in [1.807, 2.05) is 0 Å². The number of nitrogen functional groups attached to an aromatic ring is 2. The normalized spacial score (nSPS) is 10.8. The lowest BCUT2D eigenvalue weighted by Crippen LogP contribution is -2.02. The van der Waals surface area contributed by atoms with Gasteiger partial charge in [0.05, 0.1) is 5.69 Å². The lowest BCUT2D eigenvalue weighted by Gasteiger charge is -2.10. The topological polar surface area (TPSA) is 126 Å². The zero-order valence-electron chi connectivity index (χ0n) is 14.8. The first-order chi connectivity index (χ1) is 13.9. The molecule has 5 N–H and O–H groups in total. The number of aromatic nitrogens is 1. The molecule has 0 unspecified atom stereocenters. The molecule has 0 radical (unpaired) electrons. The quantitative estimate of drug-likeness (QED) is 0.416. The van der Waals surface area contributed by atoms with Crippen molar-refractivity contribution < 1.29 is 9.90 Å². The van der Waals surface area contributed by atoms with Crippen LogP contribution >= 0.6 is 22.9 Å². The molecule has 0 aliphatic carbocycles. The van der Waals surface area contributed by atoms with E-state index in [4.69, 9.17) is 23.1 Å². The van der Waals surface area contributed by atoms with Crippen molar-refractivity contribution in [2.24, 2.45) is 0 Å². The number of rotatable bonds is 3. The Labute approximate surface area is 174 Å². The van der Waals surface area contributed by atoms with E-state index in [2.05, 4.69) is 11.1 Å². The Morgan fingerprint density at radius 2 is 1.90 bits per heavy atom. The number of phenolic OH excluding ortho intramolecular Hbond substituents is 1. The van der Waals surface area contributed by atoms with Crippen LogP contribution in [0.1, 0.15) is 20.8 Å². The van der Waals surface area contributed by atoms with Gasteiger partial charge < -0.3 is 16.6 Å². The largest absolute Gasteiger partial charge is 0.508 e. The van der Waals surface area contributed by atoms with Gasteiger partial charge in [0.2, 0.25) is 5.78 Å². The molecule has 0 atom stereocenters. The number of nitrogens with zero attached hydrogens (tertiary/aromatic N) is 2. The number of hydrogen-bond donors (Lipinski definition) is 3. The second kappa shape index (κ2) is 7.09. The highest BCUT2D eigenvalue weighted by atomic mass is 35.5. The van der Waals surface area contributed by atoms with Crippen LogP contribution in [0, 0.1) is 11.3 Å². The van der Waals surface area contributed by atoms with Crippen LogP contribution < -0.4 is 11.5 Å². The van der Waals surface area contributed by atoms with Crippen LogP contribution in [-0.4, -0.2) is 15.9 Å². The van der Waals surface area contributed by atoms with Gasteiger partial charge in [0, 0.05) is 21.5 Å². The number of carbonyl (C=O) groups excluding carboxylic acids is 1. The van der Waals surface area contributed by atoms with Gasteiger partial charge in [0.15, 0.2) is 0 Å². The SMILES string of the molecule is N#Cc1c(N)nc2sc(C(=O)c3ccc(Cl)cc3)c(N)c2c1-c1cccc(O)c1. The standard InChI is InChI=1S/C21H13ClN4O2S/c22-12-6-4-10(5-7-12)18(28)19-17(24)16-15(11-2-1-3-13(27)8-11)14(9-23)20(25)26-21(16)29-19/h1-8,27H,24H2,(H2,25,26). The van der Waals surface area contributed by atoms with Crippen LogP contribution in [0.25, 0.3) is 21.3 Å². The minimum Gasteiger partial charge on any atom is -0.508 e. The molecule has 8 heteroatoms. The summed E-state index contributed by atoms with van der Waals surface area (Å²) in [6, 6.07) is 14.9. The molecule has 4 aromatic rings. The highest BCUT2D eigenvalue weighted by molar-refractivity contribution is 7.21. The van der Waals surface area contributed by atoms with Gasteiger partial charge in [0.1, 0.15) is 32.9 Å². The van der Waals surface area contributed by atoms with Gasteiger partial charge in [-0.05, 0) is 42.0 Å². The average Bonchev–Trinajstić information content (AvgIpc) is 3.02. The Morgan fingerprint density at radius 3 is 2.55 bits per heavy atom. The summed E-state index contributed by atoms with van der Waals surface area (Å²) in [5.74, 6) is -0.215. The van der Waals surface area contributed by atoms with Gasteiger partial charge in [-0.15, -0.1) is 11.3 Å². The fraction of sp³-hybridized carbons (Fsp3) is 0. The Bertz CT molecular complexity index is 1320. The number of fused-ring (bicyclic) bond motifs is 1. The van der Waals surface area contributed by atoms with E-state index < -0.39 is 0 Å². The molecule has 4 rings (SSSR count). The number of thiophene rings is 1. The number of nitrogens with two attached hydrogens (primary N) is 2. The van der Waals surface area contributed by atoms with Crippen LogP contribution in [0.3, 0.4) is 0 Å². The lowest BCUT2D eigenvalue weighted by atomic mass is 9.96. The predicted octanol–water partition coefficient (Wildman–Crippen LogP) is 4.59. The fourth-order valence-electron chi connectivity index (χ4n) is 3.13. The Kier molecular flexibility index (Phi) is 4.59. The third-order valence-corrected chi connectivity index (χ3v) is 5.81. The number of hydrogen-bond acceptors (Lipinski definition) is 7. The summed E-state index contributed by atoms with van der Waals surface area (Å²) in [6.45, 7) is 0. The van der Waals surface area contributed by atoms with Crippen LogP contribution in [-0.2, 0) is 0 Å². The van der Waals surface area contributed by atoms with Crippen molar-refractivity contribution in [3.05, 3.63) is 69.6 Å². The van der Waals surface area contributed by atoms with Gasteiger partial charge in [-0.25, -0.2) is 4.98 Å². The summed E-state index contributed by atoms with van der Waals surface area (Å²) in [6.07, 6.45) is 0. The number of halogens is 1. The number of phenols is 1. The van der Waals surface area contributed by atoms with Crippen molar-refractivity contribution in [1.82, 2.24) is 4.98 Å². The number of carbonyl (C=O) groups is 1. The highest BCUT2D eigenvalue weighted by Crippen LogP contribution is 2.43. The van der Waals surface area contributed by atoms with Gasteiger partial charge >= 0.3 is 0 Å². The maximum atomic E-state index is 13.0. The molecule has 6 nitrogen and oxygen atoms in total. The van der Waals surface area contributed by atoms with Crippen molar-refractivity contribution in [2.75, 3.05) is 11.5 Å². The maximum Gasteiger partial charge on any atom is 0.205 e. The zero-order chi connectivity index (χ0) is 20.7. The van der Waals surface area contributed by atoms with Crippen LogP contribution in [0.2, 0.25) is 5.02 Å². The van der Waals surface area contributed by atoms with Gasteiger partial charge in [-0.1, -0.05) is 23.7 Å². The molecule has 142 valence electrons. The molecule has 2 heterocycles. The molecule has 0 saturated heterocycles. The highest BCUT2D eigenvalue weighted by Gasteiger charge is 2.25. The van der Waals surface area contributed by atoms with E-state index >= 15 is 0 Å². The Morgan fingerprint density at radius 1 is 1.17 bits per heavy atom. The van der Waals surface area contributed by atoms with Gasteiger partial charge in [-0.3, -0.25) is 4.79 Å². The average molecular weight is 421 g/mol. The number of ketones is 1. The van der Waals surface area contributed by atoms with Crippen molar-refractivity contribution in [1.29, 1.82) is 5.26 Å². The van der Waals surface area contributed by atoms with Crippen LogP contribution in [0.15, 0.2) is 48.5 Å². The molecule has 0 saturated carbocycles. The van der Waals surface area contributed by atoms with E-state index in [9.17, 15) is 15.2 Å². The summed E-state index contributed by atoms with van der Waals surface area (Å²) in [7, 11) is 0. The minimum absolute atomic E-state index is 0.0289. The first kappa shape index (κ1) is 18.7. The molecule has 2 aromatic heterocycles. The monoisotopic (exact) mass is 420 g/mol. The second-order valence-corrected chi connectivity index (χ2v) is 7.71. The van der Waals surface area contributed by atoms with E-state index in [-0.39, 0.29) is 28.6 Å². The molecule has 0 aliphatic heterocycles. The van der Waals surface area contributed by atoms with Gasteiger partial charge in [-0.2, -0.15) is 5.26 Å². The third-order valence-electron chi connectivity index (χ3n) is 4.46. The molecule has 0 spiro atoms. The third kappa shape index (κ3) is 3.14. The van der Waals surface area contributed by atoms with Gasteiger partial charge in [0.25, 0.3) is 0 Å². The van der Waals surface area contributed by atoms with Crippen LogP contribution in [0.5, 0.6) is 5.75 Å². The number of benzene rings is 2. The summed E-state index contributed by atoms with van der Waals surface area (Å²) in [5, 5.41) is 20.5. The van der Waals surface area contributed by atoms with E-state index in [0.717, 1.165) is 11.3 Å². The second-order valence-electron chi connectivity index (χ2n) is 6.27. The summed E-state index contributed by atoms with van der Waals surface area (Å²) >= 11 is 7.01.